The van der Waals surface area contributed by atoms with Gasteiger partial charge in [-0.1, -0.05) is 6.07 Å². The van der Waals surface area contributed by atoms with Crippen LogP contribution in [0.2, 0.25) is 0 Å². The molecule has 0 radical (unpaired) electrons. The number of carbonyl (C=O) groups is 1. The number of anilines is 1. The Hall–Kier alpha value is -1.10. The number of rotatable bonds is 5. The highest BCUT2D eigenvalue weighted by Gasteiger charge is 2.04. The predicted molar refractivity (Wildman–Crippen MR) is 62.6 cm³/mol. The molecule has 0 saturated heterocycles. The maximum absolute atomic E-state index is 11.3. The summed E-state index contributed by atoms with van der Waals surface area (Å²) in [4.78, 5) is 15.3. The van der Waals surface area contributed by atoms with Gasteiger partial charge in [-0.3, -0.25) is 10.1 Å². The Labute approximate surface area is 99.1 Å². The van der Waals surface area contributed by atoms with Gasteiger partial charge >= 0.3 is 0 Å². The molecule has 0 fully saturated rings. The van der Waals surface area contributed by atoms with Crippen molar-refractivity contribution in [3.05, 3.63) is 29.3 Å². The summed E-state index contributed by atoms with van der Waals surface area (Å²) in [5.41, 5.74) is 2.53. The number of aryl methyl sites for hydroxylation is 1. The molecule has 16 heavy (non-hydrogen) atoms. The lowest BCUT2D eigenvalue weighted by atomic mass is 10.1. The predicted octanol–water partition coefficient (Wildman–Crippen LogP) is 2.55. The fourth-order valence-electron chi connectivity index (χ4n) is 1.31. The zero-order valence-corrected chi connectivity index (χ0v) is 9.75. The Balaban J connectivity index is 2.69. The van der Waals surface area contributed by atoms with Crippen LogP contribution in [0.5, 0.6) is 0 Å². The Morgan fingerprint density at radius 3 is 2.88 bits per heavy atom. The number of alkyl halides is 1. The van der Waals surface area contributed by atoms with E-state index < -0.39 is 0 Å². The number of hydrogen-bond donors (Lipinski definition) is 2. The van der Waals surface area contributed by atoms with Crippen LogP contribution in [0.25, 0.3) is 0 Å². The second kappa shape index (κ2) is 6.48. The third kappa shape index (κ3) is 3.81. The zero-order chi connectivity index (χ0) is 12.0. The minimum atomic E-state index is -0.111. The summed E-state index contributed by atoms with van der Waals surface area (Å²) in [5.74, 6) is 0.196. The van der Waals surface area contributed by atoms with Gasteiger partial charge < -0.3 is 5.32 Å². The van der Waals surface area contributed by atoms with Gasteiger partial charge in [0.2, 0.25) is 5.91 Å². The van der Waals surface area contributed by atoms with Crippen LogP contribution in [0.1, 0.15) is 17.5 Å². The Morgan fingerprint density at radius 2 is 2.31 bits per heavy atom. The lowest BCUT2D eigenvalue weighted by Gasteiger charge is -2.08. The molecule has 1 amide bonds. The molecule has 0 spiro atoms. The summed E-state index contributed by atoms with van der Waals surface area (Å²) in [7, 11) is 0. The molecular formula is C11H14ClNO3. The van der Waals surface area contributed by atoms with E-state index in [0.29, 0.717) is 18.0 Å². The Morgan fingerprint density at radius 1 is 1.56 bits per heavy atom. The van der Waals surface area contributed by atoms with Crippen molar-refractivity contribution in [1.29, 1.82) is 0 Å². The van der Waals surface area contributed by atoms with Crippen LogP contribution in [-0.4, -0.2) is 17.0 Å². The first-order valence-electron chi connectivity index (χ1n) is 4.89. The van der Waals surface area contributed by atoms with E-state index in [2.05, 4.69) is 10.2 Å². The van der Waals surface area contributed by atoms with Crippen molar-refractivity contribution < 1.29 is 14.9 Å². The molecule has 2 N–H and O–H groups in total. The van der Waals surface area contributed by atoms with Gasteiger partial charge in [0.1, 0.15) is 6.61 Å². The van der Waals surface area contributed by atoms with E-state index >= 15 is 0 Å². The summed E-state index contributed by atoms with van der Waals surface area (Å²) >= 11 is 5.46. The zero-order valence-electron chi connectivity index (χ0n) is 9.00. The van der Waals surface area contributed by atoms with Crippen LogP contribution < -0.4 is 5.32 Å². The van der Waals surface area contributed by atoms with Crippen molar-refractivity contribution in [3.63, 3.8) is 0 Å². The maximum Gasteiger partial charge on any atom is 0.225 e. The quantitative estimate of drug-likeness (QED) is 0.475. The van der Waals surface area contributed by atoms with Crippen molar-refractivity contribution in [2.24, 2.45) is 0 Å². The van der Waals surface area contributed by atoms with Crippen LogP contribution >= 0.6 is 11.6 Å². The van der Waals surface area contributed by atoms with Crippen molar-refractivity contribution in [1.82, 2.24) is 0 Å². The molecule has 0 saturated carbocycles. The molecule has 1 aromatic carbocycles. The van der Waals surface area contributed by atoms with E-state index in [4.69, 9.17) is 16.9 Å². The van der Waals surface area contributed by atoms with Gasteiger partial charge in [0.05, 0.1) is 0 Å². The van der Waals surface area contributed by atoms with E-state index in [1.54, 1.807) is 12.1 Å². The molecule has 1 rings (SSSR count). The molecule has 0 aliphatic heterocycles. The highest BCUT2D eigenvalue weighted by molar-refractivity contribution is 6.19. The van der Waals surface area contributed by atoms with Crippen molar-refractivity contribution >= 4 is 23.2 Å². The molecular weight excluding hydrogens is 230 g/mol. The second-order valence-electron chi connectivity index (χ2n) is 3.40. The van der Waals surface area contributed by atoms with Crippen LogP contribution in [0, 0.1) is 6.92 Å². The number of hydrogen-bond acceptors (Lipinski definition) is 3. The summed E-state index contributed by atoms with van der Waals surface area (Å²) in [6.45, 7) is 2.02. The second-order valence-corrected chi connectivity index (χ2v) is 3.78. The van der Waals surface area contributed by atoms with Gasteiger partial charge in [-0.05, 0) is 30.2 Å². The fourth-order valence-corrected chi connectivity index (χ4v) is 1.49. The topological polar surface area (TPSA) is 58.6 Å². The summed E-state index contributed by atoms with van der Waals surface area (Å²) in [6.07, 6.45) is 0.294. The van der Waals surface area contributed by atoms with Gasteiger partial charge in [0.25, 0.3) is 0 Å². The van der Waals surface area contributed by atoms with Crippen molar-refractivity contribution in [3.8, 4) is 0 Å². The first-order valence-corrected chi connectivity index (χ1v) is 5.42. The lowest BCUT2D eigenvalue weighted by molar-refractivity contribution is -0.253. The van der Waals surface area contributed by atoms with E-state index in [1.165, 1.54) is 0 Å². The fraction of sp³-hybridized carbons (Fsp3) is 0.364. The molecule has 0 atom stereocenters. The molecule has 0 unspecified atom stereocenters. The van der Waals surface area contributed by atoms with Gasteiger partial charge in [-0.2, -0.15) is 0 Å². The van der Waals surface area contributed by atoms with E-state index in [0.717, 1.165) is 11.1 Å². The average Bonchev–Trinajstić information content (AvgIpc) is 2.22. The number of nitrogens with one attached hydrogen (secondary N) is 1. The Kier molecular flexibility index (Phi) is 5.25. The van der Waals surface area contributed by atoms with Crippen LogP contribution in [-0.2, 0) is 16.3 Å². The molecule has 0 heterocycles. The molecule has 0 aliphatic rings. The van der Waals surface area contributed by atoms with Gasteiger partial charge in [0, 0.05) is 18.0 Å². The lowest BCUT2D eigenvalue weighted by Crippen LogP contribution is -2.11. The molecule has 88 valence electrons. The van der Waals surface area contributed by atoms with Gasteiger partial charge in [0.15, 0.2) is 0 Å². The molecule has 5 heteroatoms. The molecule has 0 aliphatic carbocycles. The summed E-state index contributed by atoms with van der Waals surface area (Å²) in [5, 5.41) is 11.1. The molecule has 4 nitrogen and oxygen atoms in total. The normalized spacial score (nSPS) is 10.2. The van der Waals surface area contributed by atoms with Crippen LogP contribution in [0.15, 0.2) is 18.2 Å². The standard InChI is InChI=1S/C11H14ClNO3/c1-8-6-10(13-11(14)4-5-12)3-2-9(8)7-16-15/h2-3,6,15H,4-5,7H2,1H3,(H,13,14). The van der Waals surface area contributed by atoms with E-state index in [-0.39, 0.29) is 12.5 Å². The third-order valence-corrected chi connectivity index (χ3v) is 2.36. The number of halogens is 1. The highest BCUT2D eigenvalue weighted by atomic mass is 35.5. The van der Waals surface area contributed by atoms with Gasteiger partial charge in [-0.15, -0.1) is 11.6 Å². The van der Waals surface area contributed by atoms with E-state index in [9.17, 15) is 4.79 Å². The summed E-state index contributed by atoms with van der Waals surface area (Å²) < 4.78 is 0. The summed E-state index contributed by atoms with van der Waals surface area (Å²) in [6, 6.07) is 5.37. The first-order chi connectivity index (χ1) is 7.67. The first kappa shape index (κ1) is 13.0. The third-order valence-electron chi connectivity index (χ3n) is 2.17. The number of carbonyl (C=O) groups excluding carboxylic acids is 1. The molecule has 0 bridgehead atoms. The smallest absolute Gasteiger partial charge is 0.225 e. The minimum absolute atomic E-state index is 0.111. The maximum atomic E-state index is 11.3. The highest BCUT2D eigenvalue weighted by Crippen LogP contribution is 2.16. The SMILES string of the molecule is Cc1cc(NC(=O)CCCl)ccc1COO. The largest absolute Gasteiger partial charge is 0.326 e. The van der Waals surface area contributed by atoms with Gasteiger partial charge in [-0.25, -0.2) is 4.89 Å². The average molecular weight is 244 g/mol. The monoisotopic (exact) mass is 243 g/mol. The number of benzene rings is 1. The minimum Gasteiger partial charge on any atom is -0.326 e. The number of amides is 1. The molecule has 1 aromatic rings. The van der Waals surface area contributed by atoms with Crippen molar-refractivity contribution in [2.75, 3.05) is 11.2 Å². The molecule has 0 aromatic heterocycles. The van der Waals surface area contributed by atoms with Crippen molar-refractivity contribution in [2.45, 2.75) is 20.0 Å². The Bertz CT molecular complexity index is 368. The van der Waals surface area contributed by atoms with Crippen LogP contribution in [0.3, 0.4) is 0 Å². The van der Waals surface area contributed by atoms with E-state index in [1.807, 2.05) is 13.0 Å². The van der Waals surface area contributed by atoms with Crippen LogP contribution in [0.4, 0.5) is 5.69 Å².